The Bertz CT molecular complexity index is 1040. The van der Waals surface area contributed by atoms with Gasteiger partial charge in [-0.1, -0.05) is 28.1 Å². The third kappa shape index (κ3) is 4.89. The molecule has 1 N–H and O–H groups in total. The van der Waals surface area contributed by atoms with Crippen LogP contribution in [0.25, 0.3) is 6.08 Å². The van der Waals surface area contributed by atoms with Crippen LogP contribution < -0.4 is 10.1 Å². The third-order valence-electron chi connectivity index (χ3n) is 4.32. The molecule has 2 aromatic rings. The monoisotopic (exact) mass is 474 g/mol. The first-order valence-corrected chi connectivity index (χ1v) is 10.4. The van der Waals surface area contributed by atoms with Crippen LogP contribution >= 0.6 is 27.7 Å². The van der Waals surface area contributed by atoms with Crippen molar-refractivity contribution in [3.63, 3.8) is 0 Å². The van der Waals surface area contributed by atoms with Crippen LogP contribution in [0.5, 0.6) is 5.75 Å². The maximum Gasteiger partial charge on any atom is 0.294 e. The lowest BCUT2D eigenvalue weighted by Crippen LogP contribution is -2.36. The van der Waals surface area contributed by atoms with Crippen molar-refractivity contribution in [1.82, 2.24) is 4.90 Å². The van der Waals surface area contributed by atoms with E-state index in [9.17, 15) is 14.4 Å². The number of benzene rings is 2. The summed E-state index contributed by atoms with van der Waals surface area (Å²) in [4.78, 5) is 38.6. The number of hydrogen-bond donors (Lipinski definition) is 1. The molecule has 0 atom stereocenters. The molecule has 3 rings (SSSR count). The van der Waals surface area contributed by atoms with Gasteiger partial charge in [-0.25, -0.2) is 0 Å². The van der Waals surface area contributed by atoms with Crippen LogP contribution in [0.1, 0.15) is 16.7 Å². The number of ether oxygens (including phenoxy) is 1. The number of nitrogens with zero attached hydrogens (tertiary/aromatic N) is 1. The van der Waals surface area contributed by atoms with Crippen LogP contribution in [0.3, 0.4) is 0 Å². The molecule has 6 nitrogen and oxygen atoms in total. The average Bonchev–Trinajstić information content (AvgIpc) is 2.92. The number of rotatable bonds is 5. The van der Waals surface area contributed by atoms with Gasteiger partial charge in [0.05, 0.1) is 12.0 Å². The smallest absolute Gasteiger partial charge is 0.294 e. The number of carbonyl (C=O) groups excluding carboxylic acids is 3. The number of anilines is 1. The first-order valence-electron chi connectivity index (χ1n) is 8.74. The molecule has 0 aromatic heterocycles. The van der Waals surface area contributed by atoms with Crippen LogP contribution in [0.15, 0.2) is 45.8 Å². The van der Waals surface area contributed by atoms with Crippen LogP contribution in [-0.4, -0.2) is 35.6 Å². The summed E-state index contributed by atoms with van der Waals surface area (Å²) in [6.45, 7) is 3.46. The van der Waals surface area contributed by atoms with E-state index in [0.717, 1.165) is 32.3 Å². The van der Waals surface area contributed by atoms with Gasteiger partial charge in [-0.3, -0.25) is 19.3 Å². The number of imide groups is 1. The Morgan fingerprint density at radius 2 is 1.97 bits per heavy atom. The maximum absolute atomic E-state index is 12.7. The molecule has 3 amide bonds. The van der Waals surface area contributed by atoms with Crippen LogP contribution in [-0.2, 0) is 9.59 Å². The lowest BCUT2D eigenvalue weighted by molar-refractivity contribution is -0.127. The zero-order chi connectivity index (χ0) is 21.1. The highest BCUT2D eigenvalue weighted by atomic mass is 79.9. The molecule has 1 aliphatic heterocycles. The first kappa shape index (κ1) is 21.1. The minimum absolute atomic E-state index is 0.242. The number of carbonyl (C=O) groups is 3. The highest BCUT2D eigenvalue weighted by molar-refractivity contribution is 9.10. The van der Waals surface area contributed by atoms with E-state index in [-0.39, 0.29) is 11.4 Å². The Labute approximate surface area is 181 Å². The predicted octanol–water partition coefficient (Wildman–Crippen LogP) is 4.75. The van der Waals surface area contributed by atoms with Gasteiger partial charge in [0.15, 0.2) is 0 Å². The Balaban J connectivity index is 1.76. The number of thioether (sulfide) groups is 1. The van der Waals surface area contributed by atoms with Gasteiger partial charge in [-0.05, 0) is 67.1 Å². The molecular formula is C21H19BrN2O4S. The highest BCUT2D eigenvalue weighted by Crippen LogP contribution is 2.34. The molecule has 0 bridgehead atoms. The van der Waals surface area contributed by atoms with Gasteiger partial charge in [0.2, 0.25) is 5.91 Å². The Morgan fingerprint density at radius 3 is 2.69 bits per heavy atom. The fraction of sp³-hybridized carbons (Fsp3) is 0.190. The van der Waals surface area contributed by atoms with Crippen LogP contribution in [0.2, 0.25) is 0 Å². The van der Waals surface area contributed by atoms with Gasteiger partial charge in [0.25, 0.3) is 11.1 Å². The van der Waals surface area contributed by atoms with Crippen molar-refractivity contribution in [2.45, 2.75) is 13.8 Å². The van der Waals surface area contributed by atoms with Crippen molar-refractivity contribution in [2.24, 2.45) is 0 Å². The van der Waals surface area contributed by atoms with Gasteiger partial charge >= 0.3 is 0 Å². The molecule has 0 aliphatic carbocycles. The molecule has 1 heterocycles. The van der Waals surface area contributed by atoms with Crippen LogP contribution in [0.4, 0.5) is 10.5 Å². The minimum atomic E-state index is -0.502. The first-order chi connectivity index (χ1) is 13.8. The fourth-order valence-corrected chi connectivity index (χ4v) is 4.01. The summed E-state index contributed by atoms with van der Waals surface area (Å²) in [7, 11) is 1.53. The average molecular weight is 475 g/mol. The predicted molar refractivity (Wildman–Crippen MR) is 118 cm³/mol. The SMILES string of the molecule is COc1ccc(Br)cc1/C=C1/SC(=O)N(CC(=O)Nc2cc(C)ccc2C)C1=O. The van der Waals surface area contributed by atoms with E-state index in [1.807, 2.05) is 38.1 Å². The molecular weight excluding hydrogens is 456 g/mol. The van der Waals surface area contributed by atoms with Crippen LogP contribution in [0, 0.1) is 13.8 Å². The summed E-state index contributed by atoms with van der Waals surface area (Å²) >= 11 is 4.19. The molecule has 0 spiro atoms. The van der Waals surface area contributed by atoms with Gasteiger partial charge in [0.1, 0.15) is 12.3 Å². The zero-order valence-electron chi connectivity index (χ0n) is 16.1. The normalized spacial score (nSPS) is 15.2. The highest BCUT2D eigenvalue weighted by Gasteiger charge is 2.36. The number of nitrogens with one attached hydrogen (secondary N) is 1. The molecule has 29 heavy (non-hydrogen) atoms. The Hall–Kier alpha value is -2.58. The summed E-state index contributed by atoms with van der Waals surface area (Å²) in [5, 5.41) is 2.29. The summed E-state index contributed by atoms with van der Waals surface area (Å²) in [6, 6.07) is 11.1. The molecule has 150 valence electrons. The minimum Gasteiger partial charge on any atom is -0.496 e. The van der Waals surface area contributed by atoms with Crippen molar-refractivity contribution in [2.75, 3.05) is 19.0 Å². The van der Waals surface area contributed by atoms with Gasteiger partial charge < -0.3 is 10.1 Å². The van der Waals surface area contributed by atoms with E-state index >= 15 is 0 Å². The zero-order valence-corrected chi connectivity index (χ0v) is 18.5. The number of halogens is 1. The fourth-order valence-electron chi connectivity index (χ4n) is 2.80. The molecule has 8 heteroatoms. The van der Waals surface area contributed by atoms with Crippen molar-refractivity contribution in [3.8, 4) is 5.75 Å². The van der Waals surface area contributed by atoms with E-state index < -0.39 is 17.1 Å². The molecule has 0 radical (unpaired) electrons. The van der Waals surface area contributed by atoms with Crippen molar-refractivity contribution >= 4 is 56.5 Å². The molecule has 1 aliphatic rings. The van der Waals surface area contributed by atoms with Gasteiger partial charge in [-0.2, -0.15) is 0 Å². The van der Waals surface area contributed by atoms with E-state index in [2.05, 4.69) is 21.2 Å². The Morgan fingerprint density at radius 1 is 1.21 bits per heavy atom. The lowest BCUT2D eigenvalue weighted by atomic mass is 10.1. The standard InChI is InChI=1S/C21H19BrN2O4S/c1-12-4-5-13(2)16(8-12)23-19(25)11-24-20(26)18(29-21(24)27)10-14-9-15(22)6-7-17(14)28-3/h4-10H,11H2,1-3H3,(H,23,25)/b18-10+. The van der Waals surface area contributed by atoms with Crippen molar-refractivity contribution in [3.05, 3.63) is 62.5 Å². The lowest BCUT2D eigenvalue weighted by Gasteiger charge is -2.14. The quantitative estimate of drug-likeness (QED) is 0.632. The van der Waals surface area contributed by atoms with Crippen molar-refractivity contribution < 1.29 is 19.1 Å². The van der Waals surface area contributed by atoms with E-state index in [1.54, 1.807) is 18.2 Å². The maximum atomic E-state index is 12.7. The summed E-state index contributed by atoms with van der Waals surface area (Å²) in [5.41, 5.74) is 3.23. The molecule has 2 aromatic carbocycles. The number of amides is 3. The van der Waals surface area contributed by atoms with E-state index in [4.69, 9.17) is 4.74 Å². The second-order valence-corrected chi connectivity index (χ2v) is 8.43. The molecule has 0 unspecified atom stereocenters. The number of hydrogen-bond acceptors (Lipinski definition) is 5. The van der Waals surface area contributed by atoms with E-state index in [1.165, 1.54) is 7.11 Å². The Kier molecular flexibility index (Phi) is 6.44. The third-order valence-corrected chi connectivity index (χ3v) is 5.72. The summed E-state index contributed by atoms with van der Waals surface area (Å²) < 4.78 is 6.12. The molecule has 1 saturated heterocycles. The summed E-state index contributed by atoms with van der Waals surface area (Å²) in [6.07, 6.45) is 1.59. The topological polar surface area (TPSA) is 75.7 Å². The second kappa shape index (κ2) is 8.84. The van der Waals surface area contributed by atoms with Gasteiger partial charge in [-0.15, -0.1) is 0 Å². The van der Waals surface area contributed by atoms with E-state index in [0.29, 0.717) is 17.0 Å². The largest absolute Gasteiger partial charge is 0.496 e. The second-order valence-electron chi connectivity index (χ2n) is 6.52. The molecule has 1 fully saturated rings. The number of aryl methyl sites for hydroxylation is 2. The number of methoxy groups -OCH3 is 1. The molecule has 0 saturated carbocycles. The summed E-state index contributed by atoms with van der Waals surface area (Å²) in [5.74, 6) is -0.354. The van der Waals surface area contributed by atoms with Crippen molar-refractivity contribution in [1.29, 1.82) is 0 Å². The van der Waals surface area contributed by atoms with Gasteiger partial charge in [0, 0.05) is 15.7 Å².